The molecule has 7 heteroatoms. The average molecular weight is 431 g/mol. The molecule has 5 aromatic rings. The summed E-state index contributed by atoms with van der Waals surface area (Å²) in [6, 6.07) is 19.9. The molecule has 0 fully saturated rings. The second kappa shape index (κ2) is 7.67. The second-order valence-electron chi connectivity index (χ2n) is 7.43. The highest BCUT2D eigenvalue weighted by molar-refractivity contribution is 7.98. The first-order chi connectivity index (χ1) is 15.0. The van der Waals surface area contributed by atoms with Gasteiger partial charge in [-0.1, -0.05) is 54.2 Å². The van der Waals surface area contributed by atoms with Gasteiger partial charge in [-0.2, -0.15) is 0 Å². The zero-order valence-corrected chi connectivity index (χ0v) is 17.9. The van der Waals surface area contributed by atoms with Gasteiger partial charge >= 0.3 is 0 Å². The molecule has 31 heavy (non-hydrogen) atoms. The molecule has 0 amide bonds. The summed E-state index contributed by atoms with van der Waals surface area (Å²) in [6.45, 7) is 3.97. The molecule has 5 rings (SSSR count). The molecule has 0 unspecified atom stereocenters. The third-order valence-corrected chi connectivity index (χ3v) is 6.31. The minimum Gasteiger partial charge on any atom is -0.268 e. The first-order valence-electron chi connectivity index (χ1n) is 9.87. The summed E-state index contributed by atoms with van der Waals surface area (Å²) >= 11 is 1.46. The first kappa shape index (κ1) is 19.5. The zero-order chi connectivity index (χ0) is 21.5. The molecule has 0 radical (unpaired) electrons. The van der Waals surface area contributed by atoms with Crippen LogP contribution in [0.2, 0.25) is 0 Å². The van der Waals surface area contributed by atoms with Crippen molar-refractivity contribution in [3.8, 4) is 5.69 Å². The molecule has 0 atom stereocenters. The van der Waals surface area contributed by atoms with Crippen LogP contribution in [0.5, 0.6) is 0 Å². The molecule has 0 aliphatic rings. The highest BCUT2D eigenvalue weighted by atomic mass is 32.2. The van der Waals surface area contributed by atoms with E-state index in [1.54, 1.807) is 10.6 Å². The van der Waals surface area contributed by atoms with Crippen molar-refractivity contribution in [3.05, 3.63) is 99.6 Å². The minimum atomic E-state index is -0.265. The SMILES string of the molecule is Cc1cccc(C)c1-n1c(=O)c2ccccc2n2c(SCc3cccc(F)c3)nnc12. The molecule has 2 aromatic heterocycles. The quantitative estimate of drug-likeness (QED) is 0.373. The average Bonchev–Trinajstić information content (AvgIpc) is 3.18. The van der Waals surface area contributed by atoms with Crippen LogP contribution in [0, 0.1) is 19.7 Å². The second-order valence-corrected chi connectivity index (χ2v) is 8.38. The van der Waals surface area contributed by atoms with Gasteiger partial charge in [0.15, 0.2) is 5.16 Å². The van der Waals surface area contributed by atoms with Crippen LogP contribution < -0.4 is 5.56 Å². The first-order valence-corrected chi connectivity index (χ1v) is 10.9. The van der Waals surface area contributed by atoms with Gasteiger partial charge in [0.05, 0.1) is 16.6 Å². The van der Waals surface area contributed by atoms with Gasteiger partial charge in [-0.25, -0.2) is 8.96 Å². The molecule has 3 aromatic carbocycles. The lowest BCUT2D eigenvalue weighted by Crippen LogP contribution is -2.23. The van der Waals surface area contributed by atoms with E-state index >= 15 is 0 Å². The predicted molar refractivity (Wildman–Crippen MR) is 122 cm³/mol. The Morgan fingerprint density at radius 3 is 2.45 bits per heavy atom. The van der Waals surface area contributed by atoms with Crippen molar-refractivity contribution >= 4 is 28.4 Å². The van der Waals surface area contributed by atoms with Crippen LogP contribution in [0.4, 0.5) is 4.39 Å². The van der Waals surface area contributed by atoms with Crippen LogP contribution >= 0.6 is 11.8 Å². The fourth-order valence-corrected chi connectivity index (χ4v) is 4.79. The van der Waals surface area contributed by atoms with Crippen LogP contribution in [0.25, 0.3) is 22.4 Å². The Morgan fingerprint density at radius 1 is 0.935 bits per heavy atom. The number of halogens is 1. The van der Waals surface area contributed by atoms with E-state index in [9.17, 15) is 9.18 Å². The number of nitrogens with zero attached hydrogens (tertiary/aromatic N) is 4. The third kappa shape index (κ3) is 3.31. The van der Waals surface area contributed by atoms with Gasteiger partial charge in [0.2, 0.25) is 5.78 Å². The molecule has 154 valence electrons. The molecule has 0 spiro atoms. The fourth-order valence-electron chi connectivity index (χ4n) is 3.91. The summed E-state index contributed by atoms with van der Waals surface area (Å²) < 4.78 is 17.1. The summed E-state index contributed by atoms with van der Waals surface area (Å²) in [5.74, 6) is 0.733. The van der Waals surface area contributed by atoms with E-state index in [0.717, 1.165) is 27.9 Å². The lowest BCUT2D eigenvalue weighted by Gasteiger charge is -2.15. The molecule has 0 aliphatic carbocycles. The number of para-hydroxylation sites is 2. The molecular formula is C24H19FN4OS. The van der Waals surface area contributed by atoms with Crippen LogP contribution in [-0.2, 0) is 5.75 Å². The van der Waals surface area contributed by atoms with Gasteiger partial charge in [-0.05, 0) is 54.8 Å². The number of hydrogen-bond acceptors (Lipinski definition) is 4. The maximum absolute atomic E-state index is 13.6. The van der Waals surface area contributed by atoms with Crippen molar-refractivity contribution in [2.24, 2.45) is 0 Å². The maximum Gasteiger partial charge on any atom is 0.267 e. The Bertz CT molecular complexity index is 1490. The zero-order valence-electron chi connectivity index (χ0n) is 17.0. The molecule has 0 bridgehead atoms. The van der Waals surface area contributed by atoms with Crippen molar-refractivity contribution in [1.29, 1.82) is 0 Å². The molecular weight excluding hydrogens is 411 g/mol. The number of thioether (sulfide) groups is 1. The van der Waals surface area contributed by atoms with Crippen LogP contribution in [0.1, 0.15) is 16.7 Å². The fraction of sp³-hybridized carbons (Fsp3) is 0.125. The summed E-state index contributed by atoms with van der Waals surface area (Å²) in [5.41, 5.74) is 4.25. The standard InChI is InChI=1S/C24H19FN4OS/c1-15-7-5-8-16(2)21(15)29-22(30)19-11-3-4-12-20(19)28-23(29)26-27-24(28)31-14-17-9-6-10-18(25)13-17/h3-13H,14H2,1-2H3. The minimum absolute atomic E-state index is 0.130. The largest absolute Gasteiger partial charge is 0.268 e. The Labute approximate surface area is 182 Å². The van der Waals surface area contributed by atoms with Crippen molar-refractivity contribution < 1.29 is 4.39 Å². The summed E-state index contributed by atoms with van der Waals surface area (Å²) in [7, 11) is 0. The van der Waals surface area contributed by atoms with E-state index in [-0.39, 0.29) is 11.4 Å². The van der Waals surface area contributed by atoms with Crippen LogP contribution in [0.3, 0.4) is 0 Å². The smallest absolute Gasteiger partial charge is 0.267 e. The van der Waals surface area contributed by atoms with E-state index in [1.165, 1.54) is 23.9 Å². The Balaban J connectivity index is 1.76. The molecule has 2 heterocycles. The molecule has 0 aliphatic heterocycles. The topological polar surface area (TPSA) is 52.2 Å². The third-order valence-electron chi connectivity index (χ3n) is 5.31. The summed E-state index contributed by atoms with van der Waals surface area (Å²) in [6.07, 6.45) is 0. The van der Waals surface area contributed by atoms with E-state index < -0.39 is 0 Å². The van der Waals surface area contributed by atoms with Gasteiger partial charge in [0, 0.05) is 5.75 Å². The van der Waals surface area contributed by atoms with Gasteiger partial charge in [0.25, 0.3) is 5.56 Å². The number of aromatic nitrogens is 4. The highest BCUT2D eigenvalue weighted by Crippen LogP contribution is 2.27. The predicted octanol–water partition coefficient (Wildman–Crippen LogP) is 5.08. The van der Waals surface area contributed by atoms with Crippen LogP contribution in [-0.4, -0.2) is 19.2 Å². The number of aryl methyl sites for hydroxylation is 2. The Kier molecular flexibility index (Phi) is 4.82. The normalized spacial score (nSPS) is 11.5. The summed E-state index contributed by atoms with van der Waals surface area (Å²) in [4.78, 5) is 13.5. The Hall–Kier alpha value is -3.45. The lowest BCUT2D eigenvalue weighted by atomic mass is 10.1. The van der Waals surface area contributed by atoms with E-state index in [4.69, 9.17) is 0 Å². The molecule has 5 nitrogen and oxygen atoms in total. The Morgan fingerprint density at radius 2 is 1.68 bits per heavy atom. The number of benzene rings is 3. The number of hydrogen-bond donors (Lipinski definition) is 0. The molecule has 0 N–H and O–H groups in total. The van der Waals surface area contributed by atoms with Crippen molar-refractivity contribution in [2.75, 3.05) is 0 Å². The highest BCUT2D eigenvalue weighted by Gasteiger charge is 2.19. The van der Waals surface area contributed by atoms with Gasteiger partial charge in [-0.15, -0.1) is 10.2 Å². The van der Waals surface area contributed by atoms with E-state index in [2.05, 4.69) is 10.2 Å². The molecule has 0 saturated carbocycles. The number of fused-ring (bicyclic) bond motifs is 3. The monoisotopic (exact) mass is 430 g/mol. The van der Waals surface area contributed by atoms with Gasteiger partial charge < -0.3 is 0 Å². The summed E-state index contributed by atoms with van der Waals surface area (Å²) in [5, 5.41) is 10.0. The van der Waals surface area contributed by atoms with Crippen molar-refractivity contribution in [2.45, 2.75) is 24.8 Å². The lowest BCUT2D eigenvalue weighted by molar-refractivity contribution is 0.626. The van der Waals surface area contributed by atoms with Crippen molar-refractivity contribution in [1.82, 2.24) is 19.2 Å². The van der Waals surface area contributed by atoms with Gasteiger partial charge in [0.1, 0.15) is 5.82 Å². The van der Waals surface area contributed by atoms with E-state index in [1.807, 2.05) is 66.8 Å². The van der Waals surface area contributed by atoms with E-state index in [0.29, 0.717) is 22.1 Å². The maximum atomic E-state index is 13.6. The van der Waals surface area contributed by atoms with Gasteiger partial charge in [-0.3, -0.25) is 9.20 Å². The van der Waals surface area contributed by atoms with Crippen LogP contribution in [0.15, 0.2) is 76.7 Å². The van der Waals surface area contributed by atoms with Crippen molar-refractivity contribution in [3.63, 3.8) is 0 Å². The number of rotatable bonds is 4. The molecule has 0 saturated heterocycles.